The summed E-state index contributed by atoms with van der Waals surface area (Å²) in [5, 5.41) is 6.59. The Bertz CT molecular complexity index is 967. The minimum atomic E-state index is -0.130. The molecule has 3 rings (SSSR count). The van der Waals surface area contributed by atoms with Crippen molar-refractivity contribution in [2.45, 2.75) is 33.1 Å². The van der Waals surface area contributed by atoms with Crippen molar-refractivity contribution in [3.8, 4) is 16.3 Å². The molecule has 0 aliphatic rings. The van der Waals surface area contributed by atoms with Crippen LogP contribution in [0.1, 0.15) is 36.6 Å². The van der Waals surface area contributed by atoms with Crippen LogP contribution in [0.2, 0.25) is 5.02 Å². The predicted molar refractivity (Wildman–Crippen MR) is 120 cm³/mol. The van der Waals surface area contributed by atoms with Crippen molar-refractivity contribution in [1.82, 2.24) is 10.3 Å². The summed E-state index contributed by atoms with van der Waals surface area (Å²) >= 11 is 7.52. The minimum Gasteiger partial charge on any atom is -0.483 e. The molecule has 1 aromatic heterocycles. The zero-order chi connectivity index (χ0) is 20.8. The summed E-state index contributed by atoms with van der Waals surface area (Å²) in [6.07, 6.45) is 0.678. The van der Waals surface area contributed by atoms with Gasteiger partial charge in [0.25, 0.3) is 5.91 Å². The Labute approximate surface area is 180 Å². The Hall–Kier alpha value is -2.37. The molecule has 1 N–H and O–H groups in total. The van der Waals surface area contributed by atoms with Gasteiger partial charge in [-0.2, -0.15) is 0 Å². The predicted octanol–water partition coefficient (Wildman–Crippen LogP) is 5.63. The van der Waals surface area contributed by atoms with E-state index in [9.17, 15) is 4.79 Å². The molecule has 4 nitrogen and oxygen atoms in total. The number of rotatable bonds is 8. The van der Waals surface area contributed by atoms with E-state index < -0.39 is 0 Å². The molecule has 0 spiro atoms. The summed E-state index contributed by atoms with van der Waals surface area (Å²) in [6.45, 7) is 6.78. The summed E-state index contributed by atoms with van der Waals surface area (Å²) in [7, 11) is 0. The summed E-state index contributed by atoms with van der Waals surface area (Å²) < 4.78 is 5.78. The third-order valence-corrected chi connectivity index (χ3v) is 5.69. The third kappa shape index (κ3) is 6.05. The van der Waals surface area contributed by atoms with Gasteiger partial charge in [0, 0.05) is 28.9 Å². The number of hydrogen-bond acceptors (Lipinski definition) is 4. The molecule has 0 fully saturated rings. The largest absolute Gasteiger partial charge is 0.483 e. The lowest BCUT2D eigenvalue weighted by molar-refractivity contribution is -0.123. The van der Waals surface area contributed by atoms with Gasteiger partial charge in [-0.15, -0.1) is 11.3 Å². The number of aromatic nitrogens is 1. The molecule has 0 saturated heterocycles. The number of carbonyl (C=O) groups is 1. The van der Waals surface area contributed by atoms with Crippen LogP contribution in [0.4, 0.5) is 0 Å². The zero-order valence-electron chi connectivity index (χ0n) is 16.9. The molecule has 2 aromatic carbocycles. The van der Waals surface area contributed by atoms with E-state index >= 15 is 0 Å². The first kappa shape index (κ1) is 21.3. The van der Waals surface area contributed by atoms with E-state index in [0.29, 0.717) is 23.9 Å². The first-order chi connectivity index (χ1) is 13.9. The Balaban J connectivity index is 1.47. The molecule has 0 radical (unpaired) electrons. The second kappa shape index (κ2) is 9.90. The first-order valence-corrected chi connectivity index (χ1v) is 10.9. The van der Waals surface area contributed by atoms with Crippen LogP contribution in [-0.2, 0) is 11.2 Å². The fraction of sp³-hybridized carbons (Fsp3) is 0.304. The van der Waals surface area contributed by atoms with E-state index in [-0.39, 0.29) is 12.5 Å². The molecule has 0 bridgehead atoms. The fourth-order valence-electron chi connectivity index (χ4n) is 2.91. The molecule has 0 atom stereocenters. The number of carbonyl (C=O) groups excluding carboxylic acids is 1. The maximum atomic E-state index is 12.2. The monoisotopic (exact) mass is 428 g/mol. The van der Waals surface area contributed by atoms with Gasteiger partial charge in [0.05, 0.1) is 5.69 Å². The Morgan fingerprint density at radius 3 is 2.69 bits per heavy atom. The highest BCUT2D eigenvalue weighted by Gasteiger charge is 2.11. The van der Waals surface area contributed by atoms with Crippen LogP contribution in [0.25, 0.3) is 10.6 Å². The van der Waals surface area contributed by atoms with E-state index in [4.69, 9.17) is 16.3 Å². The van der Waals surface area contributed by atoms with Crippen LogP contribution in [0.5, 0.6) is 5.75 Å². The van der Waals surface area contributed by atoms with Crippen molar-refractivity contribution < 1.29 is 9.53 Å². The van der Waals surface area contributed by atoms with Gasteiger partial charge in [-0.3, -0.25) is 4.79 Å². The van der Waals surface area contributed by atoms with Gasteiger partial charge in [0.15, 0.2) is 6.61 Å². The molecular formula is C23H25ClN2O2S. The number of nitrogens with one attached hydrogen (secondary N) is 1. The number of halogens is 1. The molecule has 0 aliphatic heterocycles. The average Bonchev–Trinajstić information content (AvgIpc) is 3.15. The Morgan fingerprint density at radius 2 is 1.97 bits per heavy atom. The number of thiazole rings is 1. The van der Waals surface area contributed by atoms with Gasteiger partial charge in [-0.25, -0.2) is 4.98 Å². The highest BCUT2D eigenvalue weighted by atomic mass is 35.5. The maximum Gasteiger partial charge on any atom is 0.257 e. The van der Waals surface area contributed by atoms with E-state index in [2.05, 4.69) is 36.3 Å². The number of amides is 1. The highest BCUT2D eigenvalue weighted by molar-refractivity contribution is 7.13. The van der Waals surface area contributed by atoms with E-state index in [1.54, 1.807) is 11.3 Å². The van der Waals surface area contributed by atoms with Gasteiger partial charge < -0.3 is 10.1 Å². The van der Waals surface area contributed by atoms with E-state index in [1.165, 1.54) is 0 Å². The van der Waals surface area contributed by atoms with Crippen LogP contribution in [0.15, 0.2) is 47.8 Å². The second-order valence-corrected chi connectivity index (χ2v) is 8.53. The Kier molecular flexibility index (Phi) is 7.29. The average molecular weight is 429 g/mol. The van der Waals surface area contributed by atoms with Gasteiger partial charge >= 0.3 is 0 Å². The van der Waals surface area contributed by atoms with E-state index in [0.717, 1.165) is 33.1 Å². The van der Waals surface area contributed by atoms with Gasteiger partial charge in [-0.1, -0.05) is 49.7 Å². The van der Waals surface area contributed by atoms with Crippen LogP contribution in [0, 0.1) is 6.92 Å². The van der Waals surface area contributed by atoms with Crippen LogP contribution < -0.4 is 10.1 Å². The number of nitrogens with zero attached hydrogens (tertiary/aromatic N) is 1. The number of benzene rings is 2. The molecule has 0 saturated carbocycles. The minimum absolute atomic E-state index is 0.0102. The SMILES string of the molecule is Cc1ccc(C(C)C)c(OCC(=O)NCCc2csc(-c3ccc(Cl)cc3)n2)c1. The van der Waals surface area contributed by atoms with Crippen molar-refractivity contribution in [2.24, 2.45) is 0 Å². The van der Waals surface area contributed by atoms with Crippen LogP contribution >= 0.6 is 22.9 Å². The second-order valence-electron chi connectivity index (χ2n) is 7.24. The lowest BCUT2D eigenvalue weighted by Gasteiger charge is -2.14. The van der Waals surface area contributed by atoms with Crippen LogP contribution in [0.3, 0.4) is 0 Å². The molecule has 29 heavy (non-hydrogen) atoms. The summed E-state index contributed by atoms with van der Waals surface area (Å²) in [5.41, 5.74) is 4.23. The van der Waals surface area contributed by atoms with Gasteiger partial charge in [0.1, 0.15) is 10.8 Å². The Morgan fingerprint density at radius 1 is 1.21 bits per heavy atom. The molecule has 1 amide bonds. The number of aryl methyl sites for hydroxylation is 1. The summed E-state index contributed by atoms with van der Waals surface area (Å²) in [5.74, 6) is 0.991. The normalized spacial score (nSPS) is 10.9. The lowest BCUT2D eigenvalue weighted by atomic mass is 10.0. The van der Waals surface area contributed by atoms with Gasteiger partial charge in [-0.05, 0) is 42.2 Å². The molecule has 6 heteroatoms. The number of hydrogen-bond donors (Lipinski definition) is 1. The summed E-state index contributed by atoms with van der Waals surface area (Å²) in [4.78, 5) is 16.8. The molecule has 3 aromatic rings. The van der Waals surface area contributed by atoms with Gasteiger partial charge in [0.2, 0.25) is 0 Å². The number of ether oxygens (including phenoxy) is 1. The van der Waals surface area contributed by atoms with Crippen molar-refractivity contribution in [2.75, 3.05) is 13.2 Å². The molecule has 1 heterocycles. The quantitative estimate of drug-likeness (QED) is 0.505. The van der Waals surface area contributed by atoms with Crippen molar-refractivity contribution >= 4 is 28.8 Å². The topological polar surface area (TPSA) is 51.2 Å². The molecule has 0 unspecified atom stereocenters. The maximum absolute atomic E-state index is 12.2. The zero-order valence-corrected chi connectivity index (χ0v) is 18.4. The van der Waals surface area contributed by atoms with Crippen LogP contribution in [-0.4, -0.2) is 24.0 Å². The molecular weight excluding hydrogens is 404 g/mol. The third-order valence-electron chi connectivity index (χ3n) is 4.50. The molecule has 152 valence electrons. The smallest absolute Gasteiger partial charge is 0.257 e. The first-order valence-electron chi connectivity index (χ1n) is 9.63. The summed E-state index contributed by atoms with van der Waals surface area (Å²) in [6, 6.07) is 13.7. The lowest BCUT2D eigenvalue weighted by Crippen LogP contribution is -2.30. The molecule has 0 aliphatic carbocycles. The van der Waals surface area contributed by atoms with Crippen molar-refractivity contribution in [1.29, 1.82) is 0 Å². The van der Waals surface area contributed by atoms with Crippen molar-refractivity contribution in [3.05, 3.63) is 69.7 Å². The standard InChI is InChI=1S/C23H25ClN2O2S/c1-15(2)20-9-4-16(3)12-21(20)28-13-22(27)25-11-10-19-14-29-23(26-19)17-5-7-18(24)8-6-17/h4-9,12,14-15H,10-11,13H2,1-3H3,(H,25,27). The van der Waals surface area contributed by atoms with E-state index in [1.807, 2.05) is 42.6 Å². The van der Waals surface area contributed by atoms with Crippen molar-refractivity contribution in [3.63, 3.8) is 0 Å². The fourth-order valence-corrected chi connectivity index (χ4v) is 3.90. The highest BCUT2D eigenvalue weighted by Crippen LogP contribution is 2.27.